The van der Waals surface area contributed by atoms with Crippen LogP contribution in [0.2, 0.25) is 0 Å². The molecule has 0 aliphatic heterocycles. The van der Waals surface area contributed by atoms with Crippen LogP contribution in [0, 0.1) is 0 Å². The number of benzene rings is 1. The van der Waals surface area contributed by atoms with Gasteiger partial charge in [0.1, 0.15) is 0 Å². The molecule has 1 N–H and O–H groups in total. The van der Waals surface area contributed by atoms with Crippen LogP contribution in [0.25, 0.3) is 0 Å². The zero-order valence-corrected chi connectivity index (χ0v) is 11.2. The number of rotatable bonds is 3. The Balaban J connectivity index is 1.71. The Morgan fingerprint density at radius 2 is 1.89 bits per heavy atom. The van der Waals surface area contributed by atoms with E-state index in [1.807, 2.05) is 7.11 Å². The molecule has 2 atom stereocenters. The molecule has 0 radical (unpaired) electrons. The fourth-order valence-corrected chi connectivity index (χ4v) is 3.42. The van der Waals surface area contributed by atoms with Gasteiger partial charge in [-0.15, -0.1) is 0 Å². The fraction of sp³-hybridized carbons (Fsp3) is 0.625. The Bertz CT molecular complexity index is 416. The first kappa shape index (κ1) is 12.0. The highest BCUT2D eigenvalue weighted by atomic mass is 16.5. The first-order valence-electron chi connectivity index (χ1n) is 7.28. The van der Waals surface area contributed by atoms with Crippen molar-refractivity contribution < 1.29 is 4.74 Å². The van der Waals surface area contributed by atoms with E-state index in [0.717, 1.165) is 0 Å². The lowest BCUT2D eigenvalue weighted by Crippen LogP contribution is -2.37. The van der Waals surface area contributed by atoms with Gasteiger partial charge >= 0.3 is 0 Å². The van der Waals surface area contributed by atoms with Gasteiger partial charge in [0.05, 0.1) is 12.1 Å². The highest BCUT2D eigenvalue weighted by Crippen LogP contribution is 2.28. The number of aryl methyl sites for hydroxylation is 2. The lowest BCUT2D eigenvalue weighted by atomic mass is 9.92. The molecule has 0 unspecified atom stereocenters. The normalized spacial score (nSPS) is 26.9. The van der Waals surface area contributed by atoms with Gasteiger partial charge in [-0.3, -0.25) is 0 Å². The van der Waals surface area contributed by atoms with Gasteiger partial charge in [-0.05, 0) is 55.4 Å². The van der Waals surface area contributed by atoms with Crippen molar-refractivity contribution >= 4 is 5.69 Å². The fourth-order valence-electron chi connectivity index (χ4n) is 3.42. The molecule has 0 saturated heterocycles. The Kier molecular flexibility index (Phi) is 3.55. The van der Waals surface area contributed by atoms with Gasteiger partial charge < -0.3 is 10.1 Å². The van der Waals surface area contributed by atoms with Crippen molar-refractivity contribution in [1.82, 2.24) is 0 Å². The molecule has 2 nitrogen and oxygen atoms in total. The predicted molar refractivity (Wildman–Crippen MR) is 75.1 cm³/mol. The van der Waals surface area contributed by atoms with Gasteiger partial charge in [-0.25, -0.2) is 0 Å². The second-order valence-electron chi connectivity index (χ2n) is 5.65. The van der Waals surface area contributed by atoms with Crippen molar-refractivity contribution in [2.45, 2.75) is 57.1 Å². The Morgan fingerprint density at radius 1 is 1.06 bits per heavy atom. The van der Waals surface area contributed by atoms with Crippen molar-refractivity contribution in [1.29, 1.82) is 0 Å². The van der Waals surface area contributed by atoms with Crippen LogP contribution in [0.1, 0.15) is 43.2 Å². The Morgan fingerprint density at radius 3 is 2.78 bits per heavy atom. The molecule has 0 amide bonds. The predicted octanol–water partition coefficient (Wildman–Crippen LogP) is 3.54. The van der Waals surface area contributed by atoms with Gasteiger partial charge in [0.25, 0.3) is 0 Å². The maximum Gasteiger partial charge on any atom is 0.0772 e. The van der Waals surface area contributed by atoms with E-state index in [1.54, 1.807) is 11.1 Å². The van der Waals surface area contributed by atoms with Gasteiger partial charge in [0, 0.05) is 12.8 Å². The lowest BCUT2D eigenvalue weighted by molar-refractivity contribution is 0.0606. The molecule has 2 aliphatic carbocycles. The minimum atomic E-state index is 0.381. The number of hydrogen-bond donors (Lipinski definition) is 1. The van der Waals surface area contributed by atoms with E-state index < -0.39 is 0 Å². The van der Waals surface area contributed by atoms with Crippen LogP contribution in [0.15, 0.2) is 18.2 Å². The first-order chi connectivity index (χ1) is 8.86. The van der Waals surface area contributed by atoms with E-state index in [4.69, 9.17) is 4.74 Å². The summed E-state index contributed by atoms with van der Waals surface area (Å²) in [6, 6.07) is 7.38. The van der Waals surface area contributed by atoms with Gasteiger partial charge in [-0.1, -0.05) is 18.9 Å². The largest absolute Gasteiger partial charge is 0.380 e. The molecular weight excluding hydrogens is 222 g/mol. The molecule has 0 bridgehead atoms. The monoisotopic (exact) mass is 245 g/mol. The van der Waals surface area contributed by atoms with E-state index in [-0.39, 0.29) is 0 Å². The van der Waals surface area contributed by atoms with Crippen molar-refractivity contribution in [2.24, 2.45) is 0 Å². The summed E-state index contributed by atoms with van der Waals surface area (Å²) in [6.07, 6.45) is 9.27. The summed E-state index contributed by atoms with van der Waals surface area (Å²) < 4.78 is 5.61. The smallest absolute Gasteiger partial charge is 0.0772 e. The molecule has 0 spiro atoms. The van der Waals surface area contributed by atoms with Crippen LogP contribution >= 0.6 is 0 Å². The van der Waals surface area contributed by atoms with Crippen LogP contribution in [-0.2, 0) is 17.6 Å². The summed E-state index contributed by atoms with van der Waals surface area (Å²) >= 11 is 0. The van der Waals surface area contributed by atoms with Gasteiger partial charge in [-0.2, -0.15) is 0 Å². The third-order valence-electron chi connectivity index (χ3n) is 4.46. The first-order valence-corrected chi connectivity index (χ1v) is 7.28. The molecule has 0 aromatic heterocycles. The van der Waals surface area contributed by atoms with Crippen molar-refractivity contribution in [3.05, 3.63) is 29.3 Å². The quantitative estimate of drug-likeness (QED) is 0.879. The zero-order valence-electron chi connectivity index (χ0n) is 11.2. The second kappa shape index (κ2) is 5.31. The number of fused-ring (bicyclic) bond motifs is 1. The lowest BCUT2D eigenvalue weighted by Gasteiger charge is -2.32. The molecule has 3 rings (SSSR count). The van der Waals surface area contributed by atoms with Gasteiger partial charge in [0.2, 0.25) is 0 Å². The molecule has 1 fully saturated rings. The van der Waals surface area contributed by atoms with Crippen LogP contribution in [0.4, 0.5) is 5.69 Å². The van der Waals surface area contributed by atoms with E-state index in [0.29, 0.717) is 12.1 Å². The molecule has 1 saturated carbocycles. The topological polar surface area (TPSA) is 21.3 Å². The molecule has 2 aliphatic rings. The second-order valence-corrected chi connectivity index (χ2v) is 5.65. The standard InChI is InChI=1S/C16H23NO/c1-18-16-8-3-2-7-15(16)17-14-10-9-12-5-4-6-13(12)11-14/h9-11,15-17H,2-8H2,1H3/t15-,16-/m1/s1. The number of hydrogen-bond acceptors (Lipinski definition) is 2. The molecule has 98 valence electrons. The van der Waals surface area contributed by atoms with Crippen LogP contribution in [0.5, 0.6) is 0 Å². The SMILES string of the molecule is CO[C@@H]1CCCC[C@H]1Nc1ccc2c(c1)CCC2. The summed E-state index contributed by atoms with van der Waals surface area (Å²) in [7, 11) is 1.84. The molecule has 0 heterocycles. The maximum atomic E-state index is 5.61. The van der Waals surface area contributed by atoms with Crippen molar-refractivity contribution in [2.75, 3.05) is 12.4 Å². The number of anilines is 1. The number of nitrogens with one attached hydrogen (secondary N) is 1. The molecule has 1 aromatic carbocycles. The third kappa shape index (κ3) is 2.39. The summed E-state index contributed by atoms with van der Waals surface area (Å²) in [5.41, 5.74) is 4.38. The molecule has 1 aromatic rings. The highest BCUT2D eigenvalue weighted by Gasteiger charge is 2.24. The zero-order chi connectivity index (χ0) is 12.4. The van der Waals surface area contributed by atoms with E-state index in [2.05, 4.69) is 23.5 Å². The number of methoxy groups -OCH3 is 1. The molecular formula is C16H23NO. The van der Waals surface area contributed by atoms with E-state index in [9.17, 15) is 0 Å². The van der Waals surface area contributed by atoms with Crippen molar-refractivity contribution in [3.8, 4) is 0 Å². The Labute approximate surface area is 110 Å². The van der Waals surface area contributed by atoms with Crippen molar-refractivity contribution in [3.63, 3.8) is 0 Å². The minimum absolute atomic E-state index is 0.381. The summed E-state index contributed by atoms with van der Waals surface area (Å²) in [5.74, 6) is 0. The van der Waals surface area contributed by atoms with E-state index in [1.165, 1.54) is 50.6 Å². The van der Waals surface area contributed by atoms with Crippen LogP contribution in [0.3, 0.4) is 0 Å². The van der Waals surface area contributed by atoms with E-state index >= 15 is 0 Å². The maximum absolute atomic E-state index is 5.61. The Hall–Kier alpha value is -1.02. The molecule has 2 heteroatoms. The summed E-state index contributed by atoms with van der Waals surface area (Å²) in [6.45, 7) is 0. The number of ether oxygens (including phenoxy) is 1. The van der Waals surface area contributed by atoms with Crippen LogP contribution < -0.4 is 5.32 Å². The van der Waals surface area contributed by atoms with Crippen LogP contribution in [-0.4, -0.2) is 19.3 Å². The van der Waals surface area contributed by atoms with Gasteiger partial charge in [0.15, 0.2) is 0 Å². The summed E-state index contributed by atoms with van der Waals surface area (Å²) in [4.78, 5) is 0. The highest BCUT2D eigenvalue weighted by molar-refractivity contribution is 5.50. The summed E-state index contributed by atoms with van der Waals surface area (Å²) in [5, 5.41) is 3.69. The third-order valence-corrected chi connectivity index (χ3v) is 4.46. The average molecular weight is 245 g/mol. The molecule has 18 heavy (non-hydrogen) atoms. The minimum Gasteiger partial charge on any atom is -0.380 e. The average Bonchev–Trinajstić information content (AvgIpc) is 2.87.